The first kappa shape index (κ1) is 9.19. The first-order valence-electron chi connectivity index (χ1n) is 3.59. The molecule has 1 aliphatic rings. The second-order valence-corrected chi connectivity index (χ2v) is 3.23. The number of hydrogen-bond donors (Lipinski definition) is 1. The van der Waals surface area contributed by atoms with E-state index in [0.717, 1.165) is 0 Å². The highest BCUT2D eigenvalue weighted by Crippen LogP contribution is 2.18. The smallest absolute Gasteiger partial charge is 0.226 e. The van der Waals surface area contributed by atoms with Crippen molar-refractivity contribution < 1.29 is 14.4 Å². The first-order chi connectivity index (χ1) is 5.58. The van der Waals surface area contributed by atoms with Crippen molar-refractivity contribution in [1.82, 2.24) is 5.32 Å². The summed E-state index contributed by atoms with van der Waals surface area (Å²) in [4.78, 5) is 32.0. The third-order valence-electron chi connectivity index (χ3n) is 1.68. The monoisotopic (exact) mass is 189 g/mol. The molecular formula is C7H8ClNO3. The number of nitrogens with one attached hydrogen (secondary N) is 1. The van der Waals surface area contributed by atoms with Crippen LogP contribution in [0.3, 0.4) is 0 Å². The number of hydrogen-bond acceptors (Lipinski definition) is 3. The van der Waals surface area contributed by atoms with Crippen molar-refractivity contribution in [2.75, 3.05) is 0 Å². The molecule has 0 aromatic rings. The molecule has 0 aliphatic carbocycles. The van der Waals surface area contributed by atoms with E-state index in [0.29, 0.717) is 0 Å². The minimum absolute atomic E-state index is 0.0979. The highest BCUT2D eigenvalue weighted by molar-refractivity contribution is 6.63. The zero-order chi connectivity index (χ0) is 9.14. The minimum Gasteiger partial charge on any atom is -0.296 e. The summed E-state index contributed by atoms with van der Waals surface area (Å²) in [5, 5.41) is 1.65. The van der Waals surface area contributed by atoms with Gasteiger partial charge in [-0.2, -0.15) is 0 Å². The zero-order valence-corrected chi connectivity index (χ0v) is 7.06. The molecular weight excluding hydrogens is 182 g/mol. The summed E-state index contributed by atoms with van der Waals surface area (Å²) in [5.41, 5.74) is 0. The summed E-state index contributed by atoms with van der Waals surface area (Å²) in [6.07, 6.45) is 0.523. The van der Waals surface area contributed by atoms with Gasteiger partial charge in [0.15, 0.2) is 0 Å². The van der Waals surface area contributed by atoms with Gasteiger partial charge in [0, 0.05) is 19.3 Å². The van der Waals surface area contributed by atoms with E-state index in [1.807, 2.05) is 0 Å². The Bertz CT molecular complexity index is 220. The van der Waals surface area contributed by atoms with E-state index in [4.69, 9.17) is 11.6 Å². The molecule has 66 valence electrons. The fourth-order valence-corrected chi connectivity index (χ4v) is 1.44. The van der Waals surface area contributed by atoms with Crippen LogP contribution in [-0.2, 0) is 14.4 Å². The summed E-state index contributed by atoms with van der Waals surface area (Å²) in [7, 11) is 0. The predicted octanol–water partition coefficient (Wildman–Crippen LogP) is 0.195. The van der Waals surface area contributed by atoms with E-state index in [-0.39, 0.29) is 37.0 Å². The second kappa shape index (κ2) is 3.67. The molecule has 0 aromatic carbocycles. The quantitative estimate of drug-likeness (QED) is 0.499. The van der Waals surface area contributed by atoms with E-state index < -0.39 is 5.24 Å². The van der Waals surface area contributed by atoms with Gasteiger partial charge < -0.3 is 0 Å². The standard InChI is InChI=1S/C7H8ClNO3/c8-5(10)1-4-2-6(11)9-7(12)3-4/h4H,1-3H2,(H,9,11,12). The van der Waals surface area contributed by atoms with Crippen molar-refractivity contribution in [2.24, 2.45) is 5.92 Å². The molecule has 2 amide bonds. The van der Waals surface area contributed by atoms with Gasteiger partial charge in [-0.25, -0.2) is 0 Å². The molecule has 0 bridgehead atoms. The Morgan fingerprint density at radius 1 is 1.42 bits per heavy atom. The molecule has 1 aliphatic heterocycles. The number of imide groups is 1. The molecule has 0 aromatic heterocycles. The Balaban J connectivity index is 2.49. The van der Waals surface area contributed by atoms with Gasteiger partial charge in [0.25, 0.3) is 0 Å². The van der Waals surface area contributed by atoms with Crippen LogP contribution in [0.25, 0.3) is 0 Å². The Labute approximate surface area is 74.3 Å². The van der Waals surface area contributed by atoms with Crippen LogP contribution in [-0.4, -0.2) is 17.1 Å². The number of carbonyl (C=O) groups excluding carboxylic acids is 3. The molecule has 1 N–H and O–H groups in total. The van der Waals surface area contributed by atoms with Gasteiger partial charge in [0.2, 0.25) is 17.1 Å². The van der Waals surface area contributed by atoms with Gasteiger partial charge in [-0.05, 0) is 17.5 Å². The fourth-order valence-electron chi connectivity index (χ4n) is 1.23. The van der Waals surface area contributed by atoms with E-state index in [1.54, 1.807) is 0 Å². The van der Waals surface area contributed by atoms with Crippen molar-refractivity contribution in [3.63, 3.8) is 0 Å². The van der Waals surface area contributed by atoms with E-state index >= 15 is 0 Å². The van der Waals surface area contributed by atoms with Crippen molar-refractivity contribution in [1.29, 1.82) is 0 Å². The third-order valence-corrected chi connectivity index (χ3v) is 1.83. The van der Waals surface area contributed by atoms with E-state index in [1.165, 1.54) is 0 Å². The molecule has 1 saturated heterocycles. The first-order valence-corrected chi connectivity index (χ1v) is 3.96. The Morgan fingerprint density at radius 2 is 1.92 bits per heavy atom. The van der Waals surface area contributed by atoms with Crippen LogP contribution in [0.5, 0.6) is 0 Å². The van der Waals surface area contributed by atoms with Gasteiger partial charge in [-0.1, -0.05) is 0 Å². The summed E-state index contributed by atoms with van der Waals surface area (Å²) in [6, 6.07) is 0. The van der Waals surface area contributed by atoms with Crippen LogP contribution in [0.4, 0.5) is 0 Å². The SMILES string of the molecule is O=C(Cl)CC1CC(=O)NC(=O)C1. The molecule has 1 heterocycles. The largest absolute Gasteiger partial charge is 0.296 e. The summed E-state index contributed by atoms with van der Waals surface area (Å²) < 4.78 is 0. The second-order valence-electron chi connectivity index (χ2n) is 2.80. The topological polar surface area (TPSA) is 63.2 Å². The average Bonchev–Trinajstić information content (AvgIpc) is 1.81. The van der Waals surface area contributed by atoms with E-state index in [2.05, 4.69) is 5.32 Å². The molecule has 0 atom stereocenters. The van der Waals surface area contributed by atoms with Gasteiger partial charge in [0.1, 0.15) is 0 Å². The van der Waals surface area contributed by atoms with Gasteiger partial charge in [-0.3, -0.25) is 19.7 Å². The molecule has 0 unspecified atom stereocenters. The predicted molar refractivity (Wildman–Crippen MR) is 41.4 cm³/mol. The van der Waals surface area contributed by atoms with Crippen molar-refractivity contribution in [3.8, 4) is 0 Å². The Morgan fingerprint density at radius 3 is 2.33 bits per heavy atom. The normalized spacial score (nSPS) is 19.1. The molecule has 5 heteroatoms. The molecule has 4 nitrogen and oxygen atoms in total. The number of carbonyl (C=O) groups is 3. The molecule has 1 rings (SSSR count). The number of amides is 2. The van der Waals surface area contributed by atoms with Gasteiger partial charge in [0.05, 0.1) is 0 Å². The number of rotatable bonds is 2. The highest BCUT2D eigenvalue weighted by atomic mass is 35.5. The van der Waals surface area contributed by atoms with Crippen LogP contribution in [0.15, 0.2) is 0 Å². The van der Waals surface area contributed by atoms with Gasteiger partial charge >= 0.3 is 0 Å². The lowest BCUT2D eigenvalue weighted by atomic mass is 9.94. The average molecular weight is 190 g/mol. The molecule has 0 spiro atoms. The molecule has 12 heavy (non-hydrogen) atoms. The zero-order valence-electron chi connectivity index (χ0n) is 6.30. The molecule has 1 fully saturated rings. The van der Waals surface area contributed by atoms with Crippen LogP contribution < -0.4 is 5.32 Å². The Hall–Kier alpha value is -0.900. The maximum atomic E-state index is 10.8. The van der Waals surface area contributed by atoms with Crippen LogP contribution in [0, 0.1) is 5.92 Å². The van der Waals surface area contributed by atoms with Crippen molar-refractivity contribution in [2.45, 2.75) is 19.3 Å². The van der Waals surface area contributed by atoms with Crippen LogP contribution in [0.2, 0.25) is 0 Å². The highest BCUT2D eigenvalue weighted by Gasteiger charge is 2.25. The Kier molecular flexibility index (Phi) is 2.81. The van der Waals surface area contributed by atoms with Crippen LogP contribution in [0.1, 0.15) is 19.3 Å². The van der Waals surface area contributed by atoms with Gasteiger partial charge in [-0.15, -0.1) is 0 Å². The summed E-state index contributed by atoms with van der Waals surface area (Å²) >= 11 is 5.12. The number of halogens is 1. The molecule has 0 radical (unpaired) electrons. The fraction of sp³-hybridized carbons (Fsp3) is 0.571. The maximum absolute atomic E-state index is 10.8. The molecule has 0 saturated carbocycles. The summed E-state index contributed by atoms with van der Waals surface area (Å²) in [5.74, 6) is -0.861. The lowest BCUT2D eigenvalue weighted by Crippen LogP contribution is -2.38. The third kappa shape index (κ3) is 2.62. The lowest BCUT2D eigenvalue weighted by molar-refractivity contribution is -0.135. The van der Waals surface area contributed by atoms with E-state index in [9.17, 15) is 14.4 Å². The van der Waals surface area contributed by atoms with Crippen LogP contribution >= 0.6 is 11.6 Å². The minimum atomic E-state index is -0.498. The lowest BCUT2D eigenvalue weighted by Gasteiger charge is -2.18. The van der Waals surface area contributed by atoms with Crippen molar-refractivity contribution in [3.05, 3.63) is 0 Å². The van der Waals surface area contributed by atoms with Crippen molar-refractivity contribution >= 4 is 28.7 Å². The summed E-state index contributed by atoms with van der Waals surface area (Å²) in [6.45, 7) is 0. The maximum Gasteiger partial charge on any atom is 0.226 e. The number of piperidine rings is 1.